The average Bonchev–Trinajstić information content (AvgIpc) is 2.50. The van der Waals surface area contributed by atoms with Gasteiger partial charge < -0.3 is 4.74 Å². The smallest absolute Gasteiger partial charge is 0.122 e. The predicted octanol–water partition coefficient (Wildman–Crippen LogP) is 2.49. The summed E-state index contributed by atoms with van der Waals surface area (Å²) in [5.74, 6) is 1.09. The third-order valence-corrected chi connectivity index (χ3v) is 2.54. The molecular formula is C11H14O. The number of benzene rings is 1. The minimum atomic E-state index is 1.09. The van der Waals surface area contributed by atoms with E-state index < -0.39 is 0 Å². The Hall–Kier alpha value is -0.980. The van der Waals surface area contributed by atoms with Gasteiger partial charge in [-0.05, 0) is 48.9 Å². The fourth-order valence-corrected chi connectivity index (χ4v) is 2.00. The molecule has 0 amide bonds. The predicted molar refractivity (Wildman–Crippen MR) is 49.8 cm³/mol. The van der Waals surface area contributed by atoms with E-state index in [1.807, 2.05) is 0 Å². The van der Waals surface area contributed by atoms with Crippen molar-refractivity contribution in [3.63, 3.8) is 0 Å². The second kappa shape index (κ2) is 2.81. The molecule has 0 spiro atoms. The summed E-state index contributed by atoms with van der Waals surface area (Å²) in [5.41, 5.74) is 4.24. The molecule has 0 aromatic heterocycles. The molecule has 0 fully saturated rings. The summed E-state index contributed by atoms with van der Waals surface area (Å²) in [7, 11) is 1.76. The van der Waals surface area contributed by atoms with E-state index >= 15 is 0 Å². The van der Waals surface area contributed by atoms with E-state index in [9.17, 15) is 0 Å². The molecule has 1 aromatic rings. The fraction of sp³-hybridized carbons (Fsp3) is 0.455. The van der Waals surface area contributed by atoms with Gasteiger partial charge in [0.15, 0.2) is 0 Å². The van der Waals surface area contributed by atoms with Crippen molar-refractivity contribution in [2.24, 2.45) is 0 Å². The van der Waals surface area contributed by atoms with Crippen molar-refractivity contribution in [2.75, 3.05) is 7.11 Å². The van der Waals surface area contributed by atoms with Crippen molar-refractivity contribution >= 4 is 0 Å². The minimum absolute atomic E-state index is 1.09. The van der Waals surface area contributed by atoms with E-state index in [1.165, 1.54) is 36.0 Å². The van der Waals surface area contributed by atoms with Gasteiger partial charge in [0.05, 0.1) is 7.11 Å². The van der Waals surface area contributed by atoms with Crippen molar-refractivity contribution < 1.29 is 4.74 Å². The lowest BCUT2D eigenvalue weighted by molar-refractivity contribution is 0.410. The van der Waals surface area contributed by atoms with Crippen LogP contribution in [0.15, 0.2) is 12.1 Å². The fourth-order valence-electron chi connectivity index (χ4n) is 2.00. The quantitative estimate of drug-likeness (QED) is 0.616. The maximum atomic E-state index is 5.34. The summed E-state index contributed by atoms with van der Waals surface area (Å²) in [6.45, 7) is 2.13. The maximum Gasteiger partial charge on any atom is 0.122 e. The van der Waals surface area contributed by atoms with Crippen molar-refractivity contribution in [3.05, 3.63) is 28.8 Å². The van der Waals surface area contributed by atoms with Gasteiger partial charge in [0.2, 0.25) is 0 Å². The van der Waals surface area contributed by atoms with Crippen LogP contribution in [0.3, 0.4) is 0 Å². The first-order valence-corrected chi connectivity index (χ1v) is 4.47. The molecule has 12 heavy (non-hydrogen) atoms. The largest absolute Gasteiger partial charge is 0.496 e. The highest BCUT2D eigenvalue weighted by Gasteiger charge is 2.15. The van der Waals surface area contributed by atoms with Crippen LogP contribution in [-0.2, 0) is 12.8 Å². The molecule has 1 heteroatoms. The highest BCUT2D eigenvalue weighted by molar-refractivity contribution is 5.45. The Labute approximate surface area is 73.4 Å². The van der Waals surface area contributed by atoms with Gasteiger partial charge in [-0.15, -0.1) is 0 Å². The van der Waals surface area contributed by atoms with Gasteiger partial charge in [0.1, 0.15) is 5.75 Å². The number of hydrogen-bond acceptors (Lipinski definition) is 1. The molecule has 1 aromatic carbocycles. The van der Waals surface area contributed by atoms with Gasteiger partial charge in [-0.2, -0.15) is 0 Å². The standard InChI is InChI=1S/C11H14O/c1-8-6-9-4-3-5-10(9)11(7-8)12-2/h6-7H,3-5H2,1-2H3. The molecule has 0 saturated heterocycles. The van der Waals surface area contributed by atoms with Gasteiger partial charge in [-0.3, -0.25) is 0 Å². The van der Waals surface area contributed by atoms with Crippen LogP contribution < -0.4 is 4.74 Å². The van der Waals surface area contributed by atoms with E-state index in [0.29, 0.717) is 0 Å². The van der Waals surface area contributed by atoms with E-state index in [0.717, 1.165) is 5.75 Å². The van der Waals surface area contributed by atoms with Gasteiger partial charge in [-0.25, -0.2) is 0 Å². The lowest BCUT2D eigenvalue weighted by Gasteiger charge is -2.07. The minimum Gasteiger partial charge on any atom is -0.496 e. The molecule has 0 radical (unpaired) electrons. The SMILES string of the molecule is COc1cc(C)cc2c1CCC2. The zero-order valence-electron chi connectivity index (χ0n) is 7.68. The third kappa shape index (κ3) is 1.09. The number of ether oxygens (including phenoxy) is 1. The molecule has 64 valence electrons. The molecular weight excluding hydrogens is 148 g/mol. The Balaban J connectivity index is 2.55. The zero-order valence-corrected chi connectivity index (χ0v) is 7.68. The summed E-state index contributed by atoms with van der Waals surface area (Å²) in [6, 6.07) is 4.41. The summed E-state index contributed by atoms with van der Waals surface area (Å²) < 4.78 is 5.34. The summed E-state index contributed by atoms with van der Waals surface area (Å²) in [6.07, 6.45) is 3.71. The molecule has 1 nitrogen and oxygen atoms in total. The normalized spacial score (nSPS) is 14.5. The maximum absolute atomic E-state index is 5.34. The monoisotopic (exact) mass is 162 g/mol. The van der Waals surface area contributed by atoms with Gasteiger partial charge >= 0.3 is 0 Å². The highest BCUT2D eigenvalue weighted by atomic mass is 16.5. The van der Waals surface area contributed by atoms with Gasteiger partial charge in [0.25, 0.3) is 0 Å². The molecule has 2 rings (SSSR count). The molecule has 0 N–H and O–H groups in total. The van der Waals surface area contributed by atoms with Gasteiger partial charge in [0, 0.05) is 0 Å². The van der Waals surface area contributed by atoms with Crippen LogP contribution in [0.4, 0.5) is 0 Å². The first-order chi connectivity index (χ1) is 5.81. The number of methoxy groups -OCH3 is 1. The molecule has 0 unspecified atom stereocenters. The Bertz CT molecular complexity index is 302. The van der Waals surface area contributed by atoms with Gasteiger partial charge in [-0.1, -0.05) is 6.07 Å². The Morgan fingerprint density at radius 2 is 2.08 bits per heavy atom. The summed E-state index contributed by atoms with van der Waals surface area (Å²) in [4.78, 5) is 0. The molecule has 0 saturated carbocycles. The van der Waals surface area contributed by atoms with E-state index in [-0.39, 0.29) is 0 Å². The number of fused-ring (bicyclic) bond motifs is 1. The zero-order chi connectivity index (χ0) is 8.55. The van der Waals surface area contributed by atoms with Crippen LogP contribution >= 0.6 is 0 Å². The number of rotatable bonds is 1. The second-order valence-electron chi connectivity index (χ2n) is 3.46. The summed E-state index contributed by atoms with van der Waals surface area (Å²) in [5, 5.41) is 0. The van der Waals surface area contributed by atoms with Crippen LogP contribution in [0.25, 0.3) is 0 Å². The van der Waals surface area contributed by atoms with Crippen LogP contribution in [0.5, 0.6) is 5.75 Å². The van der Waals surface area contributed by atoms with E-state index in [2.05, 4.69) is 19.1 Å². The van der Waals surface area contributed by atoms with E-state index in [4.69, 9.17) is 4.74 Å². The van der Waals surface area contributed by atoms with Crippen LogP contribution in [0.2, 0.25) is 0 Å². The van der Waals surface area contributed by atoms with Crippen LogP contribution in [0.1, 0.15) is 23.1 Å². The van der Waals surface area contributed by atoms with Crippen LogP contribution in [0, 0.1) is 6.92 Å². The molecule has 0 bridgehead atoms. The van der Waals surface area contributed by atoms with Crippen LogP contribution in [-0.4, -0.2) is 7.11 Å². The summed E-state index contributed by atoms with van der Waals surface area (Å²) >= 11 is 0. The number of hydrogen-bond donors (Lipinski definition) is 0. The highest BCUT2D eigenvalue weighted by Crippen LogP contribution is 2.31. The molecule has 0 heterocycles. The van der Waals surface area contributed by atoms with Crippen molar-refractivity contribution in [1.82, 2.24) is 0 Å². The topological polar surface area (TPSA) is 9.23 Å². The first kappa shape index (κ1) is 7.66. The molecule has 0 aliphatic heterocycles. The third-order valence-electron chi connectivity index (χ3n) is 2.54. The van der Waals surface area contributed by atoms with E-state index in [1.54, 1.807) is 7.11 Å². The molecule has 0 atom stereocenters. The lowest BCUT2D eigenvalue weighted by Crippen LogP contribution is -1.91. The molecule has 1 aliphatic rings. The Morgan fingerprint density at radius 3 is 2.83 bits per heavy atom. The number of aryl methyl sites for hydroxylation is 2. The lowest BCUT2D eigenvalue weighted by atomic mass is 10.1. The molecule has 1 aliphatic carbocycles. The second-order valence-corrected chi connectivity index (χ2v) is 3.46. The van der Waals surface area contributed by atoms with Crippen molar-refractivity contribution in [1.29, 1.82) is 0 Å². The first-order valence-electron chi connectivity index (χ1n) is 4.47. The Kier molecular flexibility index (Phi) is 1.80. The average molecular weight is 162 g/mol. The Morgan fingerprint density at radius 1 is 1.25 bits per heavy atom. The van der Waals surface area contributed by atoms with Crippen molar-refractivity contribution in [2.45, 2.75) is 26.2 Å². The van der Waals surface area contributed by atoms with Crippen molar-refractivity contribution in [3.8, 4) is 5.75 Å².